The van der Waals surface area contributed by atoms with Crippen LogP contribution in [0, 0.1) is 0 Å². The molecule has 0 aliphatic carbocycles. The fourth-order valence-corrected chi connectivity index (χ4v) is 2.06. The van der Waals surface area contributed by atoms with E-state index in [1.54, 1.807) is 6.92 Å². The monoisotopic (exact) mass is 226 g/mol. The predicted octanol–water partition coefficient (Wildman–Crippen LogP) is 1.93. The molecular formula is C8H10N4O2S. The quantitative estimate of drug-likeness (QED) is 0.482. The van der Waals surface area contributed by atoms with Crippen molar-refractivity contribution in [2.75, 3.05) is 6.54 Å². The van der Waals surface area contributed by atoms with Gasteiger partial charge in [0.05, 0.1) is 4.90 Å². The molecule has 0 fully saturated rings. The minimum absolute atomic E-state index is 0.154. The molecule has 1 rings (SSSR count). The van der Waals surface area contributed by atoms with Gasteiger partial charge < -0.3 is 0 Å². The van der Waals surface area contributed by atoms with Crippen molar-refractivity contribution in [3.8, 4) is 0 Å². The molecule has 7 heteroatoms. The maximum absolute atomic E-state index is 11.5. The summed E-state index contributed by atoms with van der Waals surface area (Å²) in [5, 5.41) is 3.34. The Labute approximate surface area is 87.6 Å². The van der Waals surface area contributed by atoms with E-state index in [2.05, 4.69) is 14.7 Å². The molecule has 0 aliphatic rings. The lowest BCUT2D eigenvalue weighted by Crippen LogP contribution is -2.22. The van der Waals surface area contributed by atoms with Crippen LogP contribution in [0.3, 0.4) is 0 Å². The molecule has 0 radical (unpaired) electrons. The molecule has 0 heterocycles. The number of azide groups is 1. The number of nitrogens with one attached hydrogen (secondary N) is 1. The number of nitrogens with zero attached hydrogens (tertiary/aromatic N) is 3. The Morgan fingerprint density at radius 1 is 1.40 bits per heavy atom. The van der Waals surface area contributed by atoms with E-state index in [1.165, 1.54) is 24.3 Å². The third-order valence-corrected chi connectivity index (χ3v) is 3.20. The van der Waals surface area contributed by atoms with Crippen LogP contribution in [0.5, 0.6) is 0 Å². The van der Waals surface area contributed by atoms with Crippen molar-refractivity contribution in [3.63, 3.8) is 0 Å². The Kier molecular flexibility index (Phi) is 3.68. The van der Waals surface area contributed by atoms with Gasteiger partial charge in [0, 0.05) is 17.1 Å². The first-order valence-electron chi connectivity index (χ1n) is 4.25. The van der Waals surface area contributed by atoms with E-state index >= 15 is 0 Å². The Hall–Kier alpha value is -1.56. The lowest BCUT2D eigenvalue weighted by atomic mass is 10.3. The zero-order chi connectivity index (χ0) is 11.3. The number of sulfonamides is 1. The molecule has 6 nitrogen and oxygen atoms in total. The number of benzene rings is 1. The highest BCUT2D eigenvalue weighted by atomic mass is 32.2. The molecule has 0 unspecified atom stereocenters. The second-order valence-electron chi connectivity index (χ2n) is 2.68. The predicted molar refractivity (Wildman–Crippen MR) is 56.1 cm³/mol. The van der Waals surface area contributed by atoms with Crippen LogP contribution < -0.4 is 4.72 Å². The molecule has 0 amide bonds. The van der Waals surface area contributed by atoms with Gasteiger partial charge in [0.1, 0.15) is 0 Å². The van der Waals surface area contributed by atoms with Crippen LogP contribution in [-0.4, -0.2) is 15.0 Å². The third-order valence-electron chi connectivity index (χ3n) is 1.64. The van der Waals surface area contributed by atoms with Gasteiger partial charge in [-0.15, -0.1) is 0 Å². The Morgan fingerprint density at radius 3 is 2.47 bits per heavy atom. The Balaban J connectivity index is 3.03. The summed E-state index contributed by atoms with van der Waals surface area (Å²) in [7, 11) is -3.43. The number of hydrogen-bond donors (Lipinski definition) is 1. The summed E-state index contributed by atoms with van der Waals surface area (Å²) in [5.74, 6) is 0. The maximum atomic E-state index is 11.5. The molecule has 0 spiro atoms. The molecule has 0 saturated carbocycles. The van der Waals surface area contributed by atoms with Crippen molar-refractivity contribution in [1.29, 1.82) is 0 Å². The van der Waals surface area contributed by atoms with Crippen molar-refractivity contribution in [3.05, 3.63) is 34.7 Å². The van der Waals surface area contributed by atoms with Crippen LogP contribution >= 0.6 is 0 Å². The smallest absolute Gasteiger partial charge is 0.211 e. The van der Waals surface area contributed by atoms with E-state index in [1.807, 2.05) is 0 Å². The fraction of sp³-hybridized carbons (Fsp3) is 0.250. The second-order valence-corrected chi connectivity index (χ2v) is 4.45. The standard InChI is InChI=1S/C8H10N4O2S/c1-2-10-15(13,14)8-5-3-7(4-6-8)11-12-9/h3-6,10H,2H2,1H3. The van der Waals surface area contributed by atoms with Gasteiger partial charge in [-0.2, -0.15) is 0 Å². The van der Waals surface area contributed by atoms with Crippen LogP contribution in [0.2, 0.25) is 0 Å². The minimum atomic E-state index is -3.43. The summed E-state index contributed by atoms with van der Waals surface area (Å²) in [6, 6.07) is 5.68. The Morgan fingerprint density at radius 2 is 2.00 bits per heavy atom. The highest BCUT2D eigenvalue weighted by Gasteiger charge is 2.11. The first-order chi connectivity index (χ1) is 7.10. The minimum Gasteiger partial charge on any atom is -0.211 e. The van der Waals surface area contributed by atoms with Crippen molar-refractivity contribution < 1.29 is 8.42 Å². The van der Waals surface area contributed by atoms with Crippen LogP contribution in [-0.2, 0) is 10.0 Å². The highest BCUT2D eigenvalue weighted by Crippen LogP contribution is 2.16. The van der Waals surface area contributed by atoms with Crippen molar-refractivity contribution >= 4 is 15.7 Å². The molecule has 0 bridgehead atoms. The lowest BCUT2D eigenvalue weighted by molar-refractivity contribution is 0.584. The summed E-state index contributed by atoms with van der Waals surface area (Å²) in [6.07, 6.45) is 0. The van der Waals surface area contributed by atoms with Gasteiger partial charge in [-0.25, -0.2) is 13.1 Å². The summed E-state index contributed by atoms with van der Waals surface area (Å²) in [5.41, 5.74) is 8.54. The summed E-state index contributed by atoms with van der Waals surface area (Å²) in [4.78, 5) is 2.75. The number of hydrogen-bond acceptors (Lipinski definition) is 3. The topological polar surface area (TPSA) is 94.9 Å². The van der Waals surface area contributed by atoms with E-state index in [0.29, 0.717) is 12.2 Å². The molecule has 1 N–H and O–H groups in total. The lowest BCUT2D eigenvalue weighted by Gasteiger charge is -2.03. The molecule has 1 aromatic rings. The van der Waals surface area contributed by atoms with Gasteiger partial charge in [0.15, 0.2) is 0 Å². The van der Waals surface area contributed by atoms with Gasteiger partial charge in [-0.1, -0.05) is 24.2 Å². The van der Waals surface area contributed by atoms with E-state index in [-0.39, 0.29) is 4.90 Å². The second kappa shape index (κ2) is 4.79. The van der Waals surface area contributed by atoms with Crippen LogP contribution in [0.15, 0.2) is 34.3 Å². The first-order valence-corrected chi connectivity index (χ1v) is 5.73. The molecule has 0 aromatic heterocycles. The van der Waals surface area contributed by atoms with E-state index in [9.17, 15) is 8.42 Å². The van der Waals surface area contributed by atoms with Gasteiger partial charge in [0.2, 0.25) is 10.0 Å². The molecule has 0 saturated heterocycles. The van der Waals surface area contributed by atoms with Crippen molar-refractivity contribution in [1.82, 2.24) is 4.72 Å². The first kappa shape index (κ1) is 11.5. The molecular weight excluding hydrogens is 216 g/mol. The molecule has 1 aromatic carbocycles. The Bertz CT molecular complexity index is 474. The normalized spacial score (nSPS) is 10.7. The van der Waals surface area contributed by atoms with Crippen molar-refractivity contribution in [2.24, 2.45) is 5.11 Å². The largest absolute Gasteiger partial charge is 0.240 e. The fourth-order valence-electron chi connectivity index (χ4n) is 1.02. The van der Waals surface area contributed by atoms with Crippen LogP contribution in [0.25, 0.3) is 10.4 Å². The maximum Gasteiger partial charge on any atom is 0.240 e. The molecule has 80 valence electrons. The zero-order valence-electron chi connectivity index (χ0n) is 8.08. The summed E-state index contributed by atoms with van der Waals surface area (Å²) < 4.78 is 25.3. The zero-order valence-corrected chi connectivity index (χ0v) is 8.90. The number of rotatable bonds is 4. The average Bonchev–Trinajstić information content (AvgIpc) is 2.19. The van der Waals surface area contributed by atoms with Gasteiger partial charge in [-0.3, -0.25) is 0 Å². The third kappa shape index (κ3) is 2.95. The SMILES string of the molecule is CCNS(=O)(=O)c1ccc(N=[N+]=[N-])cc1. The highest BCUT2D eigenvalue weighted by molar-refractivity contribution is 7.89. The summed E-state index contributed by atoms with van der Waals surface area (Å²) >= 11 is 0. The van der Waals surface area contributed by atoms with E-state index in [0.717, 1.165) is 0 Å². The van der Waals surface area contributed by atoms with Crippen LogP contribution in [0.4, 0.5) is 5.69 Å². The van der Waals surface area contributed by atoms with Gasteiger partial charge in [-0.05, 0) is 17.7 Å². The average molecular weight is 226 g/mol. The van der Waals surface area contributed by atoms with E-state index < -0.39 is 10.0 Å². The molecule has 0 aliphatic heterocycles. The van der Waals surface area contributed by atoms with E-state index in [4.69, 9.17) is 5.53 Å². The van der Waals surface area contributed by atoms with Gasteiger partial charge in [0.25, 0.3) is 0 Å². The molecule has 0 atom stereocenters. The summed E-state index contributed by atoms with van der Waals surface area (Å²) in [6.45, 7) is 2.03. The molecule has 15 heavy (non-hydrogen) atoms. The van der Waals surface area contributed by atoms with Crippen molar-refractivity contribution in [2.45, 2.75) is 11.8 Å². The van der Waals surface area contributed by atoms with Gasteiger partial charge >= 0.3 is 0 Å². The van der Waals surface area contributed by atoms with Crippen LogP contribution in [0.1, 0.15) is 6.92 Å².